The summed E-state index contributed by atoms with van der Waals surface area (Å²) in [6.45, 7) is 2.69. The molecule has 2 heterocycles. The minimum Gasteiger partial charge on any atom is -0.497 e. The van der Waals surface area contributed by atoms with E-state index >= 15 is 0 Å². The molecule has 4 aromatic rings. The second kappa shape index (κ2) is 15.4. The first kappa shape index (κ1) is 33.1. The molecule has 4 atom stereocenters. The van der Waals surface area contributed by atoms with Gasteiger partial charge in [-0.15, -0.1) is 0 Å². The van der Waals surface area contributed by atoms with Crippen LogP contribution in [0.1, 0.15) is 49.1 Å². The molecule has 3 aromatic carbocycles. The maximum absolute atomic E-state index is 12.8. The molecular weight excluding hydrogens is 588 g/mol. The number of methoxy groups -OCH3 is 2. The summed E-state index contributed by atoms with van der Waals surface area (Å²) in [6.07, 6.45) is 0.479. The average Bonchev–Trinajstić information content (AvgIpc) is 3.40. The van der Waals surface area contributed by atoms with Gasteiger partial charge in [-0.1, -0.05) is 74.4 Å². The zero-order valence-electron chi connectivity index (χ0n) is 26.4. The fourth-order valence-electron chi connectivity index (χ4n) is 5.73. The predicted octanol–water partition coefficient (Wildman–Crippen LogP) is 4.19. The highest BCUT2D eigenvalue weighted by atomic mass is 16.7. The molecule has 1 saturated heterocycles. The number of aliphatic hydroxyl groups excluding tert-OH is 1. The summed E-state index contributed by atoms with van der Waals surface area (Å²) >= 11 is 0. The Morgan fingerprint density at radius 1 is 0.913 bits per heavy atom. The lowest BCUT2D eigenvalue weighted by molar-refractivity contribution is -0.123. The highest BCUT2D eigenvalue weighted by Gasteiger charge is 2.48. The molecule has 46 heavy (non-hydrogen) atoms. The molecule has 0 unspecified atom stereocenters. The van der Waals surface area contributed by atoms with Gasteiger partial charge in [-0.2, -0.15) is 4.98 Å². The average molecular weight is 631 g/mol. The molecule has 1 aromatic heterocycles. The van der Waals surface area contributed by atoms with E-state index in [2.05, 4.69) is 17.4 Å². The van der Waals surface area contributed by atoms with Crippen molar-refractivity contribution < 1.29 is 28.9 Å². The van der Waals surface area contributed by atoms with Crippen LogP contribution in [0.15, 0.2) is 95.9 Å². The lowest BCUT2D eigenvalue weighted by Gasteiger charge is -2.37. The number of rotatable bonds is 15. The molecule has 1 fully saturated rings. The lowest BCUT2D eigenvalue weighted by Crippen LogP contribution is -2.43. The first-order valence-electron chi connectivity index (χ1n) is 15.5. The molecule has 0 amide bonds. The van der Waals surface area contributed by atoms with Gasteiger partial charge in [0, 0.05) is 12.7 Å². The number of hydrogen-bond acceptors (Lipinski definition) is 10. The van der Waals surface area contributed by atoms with Crippen molar-refractivity contribution in [2.24, 2.45) is 0 Å². The maximum atomic E-state index is 12.8. The maximum Gasteiger partial charge on any atom is 0.351 e. The molecule has 4 N–H and O–H groups in total. The molecule has 244 valence electrons. The molecule has 11 nitrogen and oxygen atoms in total. The van der Waals surface area contributed by atoms with Gasteiger partial charge in [0.2, 0.25) is 0 Å². The first-order valence-corrected chi connectivity index (χ1v) is 15.5. The van der Waals surface area contributed by atoms with Crippen molar-refractivity contribution in [2.75, 3.05) is 33.1 Å². The summed E-state index contributed by atoms with van der Waals surface area (Å²) in [5, 5.41) is 11.5. The molecular formula is C35H42N4O7. The Morgan fingerprint density at radius 2 is 1.52 bits per heavy atom. The SMILES string of the molecule is CCCCCNO[C@H]1[C@@H](O)[C@H](n2ccc(N)nc2=O)O[C@@H]1COC(c1ccccc1)(c1ccc(OC)cc1)c1ccc(OC)cc1. The quantitative estimate of drug-likeness (QED) is 0.0996. The van der Waals surface area contributed by atoms with Gasteiger partial charge in [-0.25, -0.2) is 10.3 Å². The summed E-state index contributed by atoms with van der Waals surface area (Å²) in [5.41, 5.74) is 9.50. The normalized spacial score (nSPS) is 19.7. The van der Waals surface area contributed by atoms with E-state index in [-0.39, 0.29) is 12.4 Å². The van der Waals surface area contributed by atoms with Crippen molar-refractivity contribution in [3.63, 3.8) is 0 Å². The number of hydroxylamine groups is 1. The van der Waals surface area contributed by atoms with Gasteiger partial charge < -0.3 is 29.8 Å². The van der Waals surface area contributed by atoms with Crippen LogP contribution in [0.5, 0.6) is 11.5 Å². The Morgan fingerprint density at radius 3 is 2.09 bits per heavy atom. The third-order valence-corrected chi connectivity index (χ3v) is 8.17. The number of aromatic nitrogens is 2. The molecule has 0 bridgehead atoms. The Bertz CT molecular complexity index is 1530. The van der Waals surface area contributed by atoms with Crippen LogP contribution in [0.25, 0.3) is 0 Å². The molecule has 1 aliphatic heterocycles. The number of unbranched alkanes of at least 4 members (excludes halogenated alkanes) is 2. The summed E-state index contributed by atoms with van der Waals surface area (Å²) in [5.74, 6) is 1.48. The second-order valence-corrected chi connectivity index (χ2v) is 11.1. The smallest absolute Gasteiger partial charge is 0.351 e. The topological polar surface area (TPSA) is 139 Å². The molecule has 0 spiro atoms. The number of benzene rings is 3. The molecule has 0 radical (unpaired) electrons. The van der Waals surface area contributed by atoms with Gasteiger partial charge in [-0.05, 0) is 53.4 Å². The standard InChI is InChI=1S/C35H42N4O7/c1-4-5-9-21-37-46-32-29(45-33(31(32)40)39-22-20-30(36)38-34(39)41)23-44-35(24-10-7-6-8-11-24,25-12-16-27(42-2)17-13-25)26-14-18-28(43-3)19-15-26/h6-8,10-20,22,29,31-33,37,40H,4-5,9,21,23H2,1-3H3,(H2,36,38,41)/t29-,31-,32-,33-/m1/s1. The van der Waals surface area contributed by atoms with Crippen molar-refractivity contribution in [3.05, 3.63) is 118 Å². The summed E-state index contributed by atoms with van der Waals surface area (Å²) < 4.78 is 25.5. The number of nitrogens with two attached hydrogens (primary N) is 1. The van der Waals surface area contributed by atoms with Crippen molar-refractivity contribution >= 4 is 5.82 Å². The predicted molar refractivity (Wildman–Crippen MR) is 173 cm³/mol. The van der Waals surface area contributed by atoms with E-state index in [1.165, 1.54) is 16.8 Å². The van der Waals surface area contributed by atoms with Crippen molar-refractivity contribution in [3.8, 4) is 11.5 Å². The van der Waals surface area contributed by atoms with Crippen LogP contribution < -0.4 is 26.4 Å². The Hall–Kier alpha value is -4.26. The molecule has 0 aliphatic carbocycles. The van der Waals surface area contributed by atoms with E-state index in [0.29, 0.717) is 18.0 Å². The van der Waals surface area contributed by atoms with Crippen molar-refractivity contribution in [2.45, 2.75) is 56.3 Å². The number of anilines is 1. The Kier molecular flexibility index (Phi) is 11.1. The minimum atomic E-state index is -1.22. The Balaban J connectivity index is 1.54. The van der Waals surface area contributed by atoms with E-state index in [1.807, 2.05) is 78.9 Å². The van der Waals surface area contributed by atoms with Gasteiger partial charge in [0.15, 0.2) is 6.23 Å². The van der Waals surface area contributed by atoms with E-state index in [9.17, 15) is 9.90 Å². The van der Waals surface area contributed by atoms with Crippen molar-refractivity contribution in [1.82, 2.24) is 15.0 Å². The third kappa shape index (κ3) is 7.09. The highest BCUT2D eigenvalue weighted by Crippen LogP contribution is 2.43. The van der Waals surface area contributed by atoms with Crippen LogP contribution in [0, 0.1) is 0 Å². The van der Waals surface area contributed by atoms with E-state index < -0.39 is 35.8 Å². The second-order valence-electron chi connectivity index (χ2n) is 11.1. The Labute approximate surface area is 268 Å². The van der Waals surface area contributed by atoms with Crippen LogP contribution in [0.4, 0.5) is 5.82 Å². The van der Waals surface area contributed by atoms with Gasteiger partial charge in [0.05, 0.1) is 20.8 Å². The van der Waals surface area contributed by atoms with Crippen molar-refractivity contribution in [1.29, 1.82) is 0 Å². The fraction of sp³-hybridized carbons (Fsp3) is 0.371. The highest BCUT2D eigenvalue weighted by molar-refractivity contribution is 5.49. The summed E-state index contributed by atoms with van der Waals surface area (Å²) in [6, 6.07) is 26.8. The van der Waals surface area contributed by atoms with Crippen LogP contribution in [-0.4, -0.2) is 60.3 Å². The zero-order chi connectivity index (χ0) is 32.5. The summed E-state index contributed by atoms with van der Waals surface area (Å²) in [7, 11) is 3.24. The molecule has 11 heteroatoms. The zero-order valence-corrected chi connectivity index (χ0v) is 26.4. The third-order valence-electron chi connectivity index (χ3n) is 8.17. The van der Waals surface area contributed by atoms with Crippen LogP contribution in [0.3, 0.4) is 0 Å². The fourth-order valence-corrected chi connectivity index (χ4v) is 5.73. The van der Waals surface area contributed by atoms with Crippen LogP contribution >= 0.6 is 0 Å². The lowest BCUT2D eigenvalue weighted by atomic mass is 9.80. The summed E-state index contributed by atoms with van der Waals surface area (Å²) in [4.78, 5) is 22.6. The van der Waals surface area contributed by atoms with Crippen LogP contribution in [-0.2, 0) is 19.9 Å². The minimum absolute atomic E-state index is 0.0149. The molecule has 1 aliphatic rings. The van der Waals surface area contributed by atoms with Gasteiger partial charge in [0.1, 0.15) is 41.2 Å². The number of nitrogens with zero attached hydrogens (tertiary/aromatic N) is 2. The van der Waals surface area contributed by atoms with Gasteiger partial charge in [0.25, 0.3) is 0 Å². The number of hydrogen-bond donors (Lipinski definition) is 3. The molecule has 0 saturated carbocycles. The molecule has 5 rings (SSSR count). The monoisotopic (exact) mass is 630 g/mol. The van der Waals surface area contributed by atoms with Gasteiger partial charge in [-0.3, -0.25) is 9.40 Å². The first-order chi connectivity index (χ1) is 22.4. The number of aliphatic hydroxyl groups is 1. The van der Waals surface area contributed by atoms with E-state index in [1.54, 1.807) is 14.2 Å². The van der Waals surface area contributed by atoms with Gasteiger partial charge >= 0.3 is 5.69 Å². The largest absolute Gasteiger partial charge is 0.497 e. The number of nitrogens with one attached hydrogen (secondary N) is 1. The number of nitrogen functional groups attached to an aromatic ring is 1. The van der Waals surface area contributed by atoms with E-state index in [4.69, 9.17) is 29.5 Å². The number of ether oxygens (including phenoxy) is 4. The van der Waals surface area contributed by atoms with Crippen LogP contribution in [0.2, 0.25) is 0 Å². The van der Waals surface area contributed by atoms with E-state index in [0.717, 1.165) is 36.0 Å².